The number of rotatable bonds is 4. The highest BCUT2D eigenvalue weighted by Gasteiger charge is 2.18. The van der Waals surface area contributed by atoms with Crippen LogP contribution in [0.2, 0.25) is 0 Å². The van der Waals surface area contributed by atoms with Gasteiger partial charge in [0, 0.05) is 20.3 Å². The molecule has 1 heterocycles. The first-order valence-corrected chi connectivity index (χ1v) is 8.98. The molecule has 1 aromatic carbocycles. The molecule has 0 radical (unpaired) electrons. The Morgan fingerprint density at radius 2 is 2.10 bits per heavy atom. The molecule has 1 unspecified atom stereocenters. The summed E-state index contributed by atoms with van der Waals surface area (Å²) in [5.74, 6) is 0.912. The van der Waals surface area contributed by atoms with Crippen molar-refractivity contribution in [2.75, 3.05) is 7.11 Å². The average molecular weight is 366 g/mol. The lowest BCUT2D eigenvalue weighted by atomic mass is 9.98. The second-order valence-electron chi connectivity index (χ2n) is 5.57. The van der Waals surface area contributed by atoms with Crippen LogP contribution in [-0.4, -0.2) is 7.11 Å². The fourth-order valence-corrected chi connectivity index (χ4v) is 4.61. The van der Waals surface area contributed by atoms with E-state index in [1.54, 1.807) is 12.0 Å². The van der Waals surface area contributed by atoms with Gasteiger partial charge in [0.1, 0.15) is 5.75 Å². The van der Waals surface area contributed by atoms with E-state index in [1.807, 2.05) is 23.5 Å². The number of fused-ring (bicyclic) bond motifs is 1. The van der Waals surface area contributed by atoms with Gasteiger partial charge in [0.2, 0.25) is 0 Å². The maximum absolute atomic E-state index is 6.45. The van der Waals surface area contributed by atoms with Crippen LogP contribution in [0.1, 0.15) is 39.8 Å². The van der Waals surface area contributed by atoms with Crippen LogP contribution in [0.15, 0.2) is 28.7 Å². The molecule has 2 N–H and O–H groups in total. The summed E-state index contributed by atoms with van der Waals surface area (Å²) in [5.41, 5.74) is 9.14. The van der Waals surface area contributed by atoms with Crippen molar-refractivity contribution in [1.29, 1.82) is 0 Å². The molecule has 0 fully saturated rings. The normalized spacial score (nSPS) is 15.6. The maximum atomic E-state index is 6.45. The van der Waals surface area contributed by atoms with Crippen LogP contribution in [-0.2, 0) is 19.3 Å². The van der Waals surface area contributed by atoms with Crippen LogP contribution < -0.4 is 10.5 Å². The molecular weight excluding hydrogens is 346 g/mol. The predicted molar refractivity (Wildman–Crippen MR) is 92.3 cm³/mol. The fourth-order valence-electron chi connectivity index (χ4n) is 2.94. The van der Waals surface area contributed by atoms with E-state index in [0.717, 1.165) is 22.2 Å². The molecule has 0 saturated heterocycles. The molecule has 1 aromatic heterocycles. The summed E-state index contributed by atoms with van der Waals surface area (Å²) in [7, 11) is 1.71. The van der Waals surface area contributed by atoms with E-state index in [-0.39, 0.29) is 6.04 Å². The number of hydrogen-bond donors (Lipinski definition) is 1. The molecule has 0 bridgehead atoms. The monoisotopic (exact) mass is 365 g/mol. The van der Waals surface area contributed by atoms with E-state index in [0.29, 0.717) is 0 Å². The lowest BCUT2D eigenvalue weighted by molar-refractivity contribution is 0.408. The van der Waals surface area contributed by atoms with Gasteiger partial charge in [0.15, 0.2) is 0 Å². The van der Waals surface area contributed by atoms with Crippen molar-refractivity contribution in [3.05, 3.63) is 49.6 Å². The Morgan fingerprint density at radius 3 is 2.86 bits per heavy atom. The SMILES string of the molecule is COc1ccc(Br)cc1CC(N)c1cc2c(s1)CCCC2. The van der Waals surface area contributed by atoms with Crippen molar-refractivity contribution in [3.8, 4) is 5.75 Å². The van der Waals surface area contributed by atoms with Gasteiger partial charge in [0.25, 0.3) is 0 Å². The van der Waals surface area contributed by atoms with E-state index in [9.17, 15) is 0 Å². The average Bonchev–Trinajstić information content (AvgIpc) is 2.91. The number of halogens is 1. The first kappa shape index (κ1) is 15.1. The number of thiophene rings is 1. The van der Waals surface area contributed by atoms with Crippen LogP contribution in [0.5, 0.6) is 5.75 Å². The minimum absolute atomic E-state index is 0.0452. The fraction of sp³-hybridized carbons (Fsp3) is 0.412. The Hall–Kier alpha value is -0.840. The number of hydrogen-bond acceptors (Lipinski definition) is 3. The molecule has 4 heteroatoms. The maximum Gasteiger partial charge on any atom is 0.122 e. The zero-order valence-corrected chi connectivity index (χ0v) is 14.6. The number of nitrogens with two attached hydrogens (primary N) is 1. The largest absolute Gasteiger partial charge is 0.496 e. The highest BCUT2D eigenvalue weighted by molar-refractivity contribution is 9.10. The standard InChI is InChI=1S/C17H20BrNOS/c1-20-15-7-6-13(18)8-12(15)9-14(19)17-10-11-4-2-3-5-16(11)21-17/h6-8,10,14H,2-5,9,19H2,1H3. The first-order chi connectivity index (χ1) is 10.2. The molecular formula is C17H20BrNOS. The van der Waals surface area contributed by atoms with Crippen LogP contribution in [0.4, 0.5) is 0 Å². The minimum atomic E-state index is 0.0452. The zero-order valence-electron chi connectivity index (χ0n) is 12.2. The molecule has 21 heavy (non-hydrogen) atoms. The van der Waals surface area contributed by atoms with Gasteiger partial charge in [-0.25, -0.2) is 0 Å². The summed E-state index contributed by atoms with van der Waals surface area (Å²) < 4.78 is 6.51. The molecule has 1 aliphatic carbocycles. The van der Waals surface area contributed by atoms with Gasteiger partial charge < -0.3 is 10.5 Å². The molecule has 2 nitrogen and oxygen atoms in total. The summed E-state index contributed by atoms with van der Waals surface area (Å²) in [6.07, 6.45) is 5.90. The van der Waals surface area contributed by atoms with Gasteiger partial charge in [-0.2, -0.15) is 0 Å². The Bertz CT molecular complexity index is 614. The summed E-state index contributed by atoms with van der Waals surface area (Å²) in [6.45, 7) is 0. The number of methoxy groups -OCH3 is 1. The Morgan fingerprint density at radius 1 is 1.29 bits per heavy atom. The lowest BCUT2D eigenvalue weighted by Crippen LogP contribution is -2.12. The minimum Gasteiger partial charge on any atom is -0.496 e. The molecule has 2 aromatic rings. The van der Waals surface area contributed by atoms with Crippen LogP contribution in [0.3, 0.4) is 0 Å². The molecule has 0 amide bonds. The second-order valence-corrected chi connectivity index (χ2v) is 7.66. The Kier molecular flexibility index (Phi) is 4.67. The molecule has 3 rings (SSSR count). The molecule has 1 aliphatic rings. The van der Waals surface area contributed by atoms with Crippen molar-refractivity contribution in [2.24, 2.45) is 5.73 Å². The van der Waals surface area contributed by atoms with Gasteiger partial charge in [-0.05, 0) is 67.5 Å². The first-order valence-electron chi connectivity index (χ1n) is 7.37. The molecule has 0 spiro atoms. The molecule has 0 saturated carbocycles. The van der Waals surface area contributed by atoms with Gasteiger partial charge in [-0.3, -0.25) is 0 Å². The third kappa shape index (κ3) is 3.33. The Balaban J connectivity index is 1.81. The van der Waals surface area contributed by atoms with Crippen molar-refractivity contribution < 1.29 is 4.74 Å². The predicted octanol–water partition coefficient (Wildman–Crippen LogP) is 4.64. The highest BCUT2D eigenvalue weighted by atomic mass is 79.9. The molecule has 112 valence electrons. The van der Waals surface area contributed by atoms with E-state index in [4.69, 9.17) is 10.5 Å². The van der Waals surface area contributed by atoms with E-state index in [1.165, 1.54) is 36.1 Å². The van der Waals surface area contributed by atoms with Gasteiger partial charge in [-0.1, -0.05) is 15.9 Å². The Labute approximate surface area is 138 Å². The lowest BCUT2D eigenvalue weighted by Gasteiger charge is -2.13. The quantitative estimate of drug-likeness (QED) is 0.856. The number of ether oxygens (including phenoxy) is 1. The zero-order chi connectivity index (χ0) is 14.8. The molecule has 0 aliphatic heterocycles. The summed E-state index contributed by atoms with van der Waals surface area (Å²) in [5, 5.41) is 0. The van der Waals surface area contributed by atoms with Gasteiger partial charge >= 0.3 is 0 Å². The third-order valence-corrected chi connectivity index (χ3v) is 5.93. The van der Waals surface area contributed by atoms with E-state index < -0.39 is 0 Å². The smallest absolute Gasteiger partial charge is 0.122 e. The topological polar surface area (TPSA) is 35.2 Å². The van der Waals surface area contributed by atoms with Crippen LogP contribution in [0, 0.1) is 0 Å². The summed E-state index contributed by atoms with van der Waals surface area (Å²) >= 11 is 5.43. The van der Waals surface area contributed by atoms with Gasteiger partial charge in [0.05, 0.1) is 7.11 Å². The van der Waals surface area contributed by atoms with Crippen molar-refractivity contribution >= 4 is 27.3 Å². The van der Waals surface area contributed by atoms with Crippen LogP contribution in [0.25, 0.3) is 0 Å². The second kappa shape index (κ2) is 6.51. The van der Waals surface area contributed by atoms with Crippen molar-refractivity contribution in [2.45, 2.75) is 38.1 Å². The van der Waals surface area contributed by atoms with E-state index in [2.05, 4.69) is 28.1 Å². The van der Waals surface area contributed by atoms with Gasteiger partial charge in [-0.15, -0.1) is 11.3 Å². The summed E-state index contributed by atoms with van der Waals surface area (Å²) in [6, 6.07) is 8.47. The van der Waals surface area contributed by atoms with Crippen molar-refractivity contribution in [1.82, 2.24) is 0 Å². The number of aryl methyl sites for hydroxylation is 2. The van der Waals surface area contributed by atoms with Crippen LogP contribution >= 0.6 is 27.3 Å². The van der Waals surface area contributed by atoms with E-state index >= 15 is 0 Å². The van der Waals surface area contributed by atoms with Crippen molar-refractivity contribution in [3.63, 3.8) is 0 Å². The number of benzene rings is 1. The highest BCUT2D eigenvalue weighted by Crippen LogP contribution is 2.34. The molecule has 1 atom stereocenters. The third-order valence-electron chi connectivity index (χ3n) is 4.06. The summed E-state index contributed by atoms with van der Waals surface area (Å²) in [4.78, 5) is 2.86.